The number of benzene rings is 2. The summed E-state index contributed by atoms with van der Waals surface area (Å²) in [6, 6.07) is 11.6. The molecule has 0 amide bonds. The minimum atomic E-state index is -4.78. The average molecular weight is 464 g/mol. The molecule has 1 unspecified atom stereocenters. The van der Waals surface area contributed by atoms with E-state index in [1.807, 2.05) is 0 Å². The SMILES string of the molecule is [2H]N1C2=CC(F)(OC)C=C(F)C2=CC(c2ccc(Oc3ccc(OC(F)(F)F)cc3)cc2)=C1C. The highest BCUT2D eigenvalue weighted by atomic mass is 19.4. The Morgan fingerprint density at radius 2 is 1.52 bits per heavy atom. The topological polar surface area (TPSA) is 39.7 Å². The van der Waals surface area contributed by atoms with Crippen molar-refractivity contribution in [3.8, 4) is 17.2 Å². The summed E-state index contributed by atoms with van der Waals surface area (Å²) in [5, 5.41) is 0.944. The lowest BCUT2D eigenvalue weighted by Crippen LogP contribution is -2.29. The number of fused-ring (bicyclic) bond motifs is 1. The van der Waals surface area contributed by atoms with Crippen LogP contribution in [0, 0.1) is 0 Å². The standard InChI is InChI=1S/C24H18F5NO3/c1-14-19(11-20-21(25)12-23(26,31-2)13-22(20)30-14)15-3-5-16(6-4-15)32-17-7-9-18(10-8-17)33-24(27,28)29/h3-13,30H,1-2H3/i/hD. The van der Waals surface area contributed by atoms with Crippen molar-refractivity contribution >= 4 is 5.57 Å². The van der Waals surface area contributed by atoms with Gasteiger partial charge in [0.25, 0.3) is 5.85 Å². The molecule has 9 heteroatoms. The first-order chi connectivity index (χ1) is 16.0. The Morgan fingerprint density at radius 3 is 2.09 bits per heavy atom. The van der Waals surface area contributed by atoms with Gasteiger partial charge >= 0.3 is 6.36 Å². The molecule has 1 atom stereocenters. The van der Waals surface area contributed by atoms with Crippen LogP contribution in [0.25, 0.3) is 5.57 Å². The molecule has 33 heavy (non-hydrogen) atoms. The van der Waals surface area contributed by atoms with Crippen LogP contribution in [0.5, 0.6) is 17.2 Å². The largest absolute Gasteiger partial charge is 0.573 e. The maximum absolute atomic E-state index is 14.6. The number of rotatable bonds is 5. The monoisotopic (exact) mass is 464 g/mol. The highest BCUT2D eigenvalue weighted by Gasteiger charge is 2.34. The molecule has 4 rings (SSSR count). The number of alkyl halides is 4. The predicted molar refractivity (Wildman–Crippen MR) is 112 cm³/mol. The van der Waals surface area contributed by atoms with Crippen molar-refractivity contribution in [2.24, 2.45) is 0 Å². The maximum atomic E-state index is 14.6. The van der Waals surface area contributed by atoms with Gasteiger partial charge in [0.05, 0.1) is 5.70 Å². The number of hydrogen-bond donors (Lipinski definition) is 1. The molecule has 0 fully saturated rings. The molecule has 1 N–H and O–H groups in total. The van der Waals surface area contributed by atoms with E-state index in [1.165, 1.54) is 18.2 Å². The average Bonchev–Trinajstić information content (AvgIpc) is 2.78. The second-order valence-corrected chi connectivity index (χ2v) is 7.24. The van der Waals surface area contributed by atoms with Gasteiger partial charge in [0.2, 0.25) is 0 Å². The van der Waals surface area contributed by atoms with Crippen LogP contribution in [0.4, 0.5) is 22.0 Å². The van der Waals surface area contributed by atoms with Crippen LogP contribution < -0.4 is 14.8 Å². The van der Waals surface area contributed by atoms with Crippen molar-refractivity contribution in [2.75, 3.05) is 7.11 Å². The van der Waals surface area contributed by atoms with Gasteiger partial charge in [-0.05, 0) is 55.0 Å². The molecule has 172 valence electrons. The van der Waals surface area contributed by atoms with Crippen molar-refractivity contribution in [2.45, 2.75) is 19.1 Å². The van der Waals surface area contributed by atoms with Crippen molar-refractivity contribution < 1.29 is 37.6 Å². The molecule has 0 bridgehead atoms. The Balaban J connectivity index is 1.54. The number of allylic oxidation sites excluding steroid dienone is 4. The number of methoxy groups -OCH3 is 1. The zero-order valence-corrected chi connectivity index (χ0v) is 17.4. The summed E-state index contributed by atoms with van der Waals surface area (Å²) in [5.74, 6) is -2.95. The summed E-state index contributed by atoms with van der Waals surface area (Å²) in [6.45, 7) is 1.65. The molecule has 0 saturated carbocycles. The summed E-state index contributed by atoms with van der Waals surface area (Å²) in [4.78, 5) is 0. The number of nitrogens with one attached hydrogen (secondary N) is 1. The summed E-state index contributed by atoms with van der Waals surface area (Å²) in [6.07, 6.45) is -1.50. The Labute approximate surface area is 187 Å². The summed E-state index contributed by atoms with van der Waals surface area (Å²) < 4.78 is 88.5. The van der Waals surface area contributed by atoms with Crippen molar-refractivity contribution in [3.63, 3.8) is 0 Å². The quantitative estimate of drug-likeness (QED) is 0.500. The van der Waals surface area contributed by atoms with Gasteiger partial charge in [0.1, 0.15) is 23.1 Å². The van der Waals surface area contributed by atoms with E-state index in [9.17, 15) is 22.0 Å². The number of hydrogen-bond acceptors (Lipinski definition) is 4. The minimum Gasteiger partial charge on any atom is -0.457 e. The van der Waals surface area contributed by atoms with E-state index in [-0.39, 0.29) is 17.0 Å². The Morgan fingerprint density at radius 1 is 0.939 bits per heavy atom. The van der Waals surface area contributed by atoms with Gasteiger partial charge in [-0.3, -0.25) is 0 Å². The van der Waals surface area contributed by atoms with Crippen LogP contribution >= 0.6 is 0 Å². The summed E-state index contributed by atoms with van der Waals surface area (Å²) in [7, 11) is 1.11. The molecule has 1 aliphatic heterocycles. The van der Waals surface area contributed by atoms with E-state index in [4.69, 9.17) is 10.9 Å². The van der Waals surface area contributed by atoms with Gasteiger partial charge in [0.15, 0.2) is 1.41 Å². The molecule has 1 heterocycles. The number of ether oxygens (including phenoxy) is 3. The lowest BCUT2D eigenvalue weighted by Gasteiger charge is -2.29. The lowest BCUT2D eigenvalue weighted by atomic mass is 9.92. The molecule has 2 aromatic carbocycles. The second kappa shape index (κ2) is 8.40. The third-order valence-electron chi connectivity index (χ3n) is 4.93. The number of halogens is 5. The number of dihydropyridines is 1. The van der Waals surface area contributed by atoms with E-state index in [2.05, 4.69) is 4.74 Å². The molecular weight excluding hydrogens is 445 g/mol. The van der Waals surface area contributed by atoms with E-state index in [0.717, 1.165) is 30.6 Å². The third-order valence-corrected chi connectivity index (χ3v) is 4.93. The molecule has 0 aromatic heterocycles. The molecule has 0 spiro atoms. The second-order valence-electron chi connectivity index (χ2n) is 7.24. The van der Waals surface area contributed by atoms with Crippen molar-refractivity contribution in [1.29, 1.82) is 0 Å². The van der Waals surface area contributed by atoms with Gasteiger partial charge in [-0.25, -0.2) is 8.78 Å². The third kappa shape index (κ3) is 5.09. The van der Waals surface area contributed by atoms with Crippen LogP contribution in [-0.2, 0) is 4.74 Å². The maximum Gasteiger partial charge on any atom is 0.573 e. The first-order valence-corrected chi connectivity index (χ1v) is 9.70. The first kappa shape index (κ1) is 21.3. The molecule has 1 aliphatic carbocycles. The highest BCUT2D eigenvalue weighted by Crippen LogP contribution is 2.38. The van der Waals surface area contributed by atoms with Gasteiger partial charge in [-0.1, -0.05) is 12.1 Å². The zero-order chi connectivity index (χ0) is 24.7. The van der Waals surface area contributed by atoms with Crippen molar-refractivity contribution in [3.05, 3.63) is 95.1 Å². The fourth-order valence-electron chi connectivity index (χ4n) is 3.36. The van der Waals surface area contributed by atoms with Crippen LogP contribution in [0.15, 0.2) is 89.6 Å². The summed E-state index contributed by atoms with van der Waals surface area (Å²) in [5.41, 5.74) is 1.73. The summed E-state index contributed by atoms with van der Waals surface area (Å²) >= 11 is 0. The van der Waals surface area contributed by atoms with E-state index in [1.54, 1.807) is 31.2 Å². The fraction of sp³-hybridized carbons (Fsp3) is 0.167. The lowest BCUT2D eigenvalue weighted by molar-refractivity contribution is -0.274. The Kier molecular flexibility index (Phi) is 5.41. The van der Waals surface area contributed by atoms with E-state index >= 15 is 0 Å². The van der Waals surface area contributed by atoms with Gasteiger partial charge in [-0.2, -0.15) is 0 Å². The van der Waals surface area contributed by atoms with Crippen molar-refractivity contribution in [1.82, 2.24) is 5.31 Å². The Hall–Kier alpha value is -3.59. The molecule has 2 aliphatic rings. The van der Waals surface area contributed by atoms with Gasteiger partial charge in [-0.15, -0.1) is 13.2 Å². The molecule has 0 radical (unpaired) electrons. The van der Waals surface area contributed by atoms with Gasteiger partial charge < -0.3 is 19.5 Å². The van der Waals surface area contributed by atoms with Crippen LogP contribution in [0.1, 0.15) is 12.5 Å². The van der Waals surface area contributed by atoms with Crippen LogP contribution in [0.2, 0.25) is 1.41 Å². The van der Waals surface area contributed by atoms with Gasteiger partial charge in [0, 0.05) is 36.1 Å². The predicted octanol–water partition coefficient (Wildman–Crippen LogP) is 6.70. The van der Waals surface area contributed by atoms with E-state index in [0.29, 0.717) is 34.4 Å². The first-order valence-electron chi connectivity index (χ1n) is 10.1. The fourth-order valence-corrected chi connectivity index (χ4v) is 3.36. The minimum absolute atomic E-state index is 0.0310. The molecular formula is C24H18F5NO3. The van der Waals surface area contributed by atoms with Crippen LogP contribution in [-0.4, -0.2) is 19.3 Å². The molecule has 0 saturated heterocycles. The Bertz CT molecular complexity index is 1220. The zero-order valence-electron chi connectivity index (χ0n) is 18.4. The van der Waals surface area contributed by atoms with Crippen LogP contribution in [0.3, 0.4) is 0 Å². The highest BCUT2D eigenvalue weighted by molar-refractivity contribution is 5.81. The molecule has 4 nitrogen and oxygen atoms in total. The normalized spacial score (nSPS) is 21.0. The molecule has 2 aromatic rings. The van der Waals surface area contributed by atoms with E-state index < -0.39 is 18.0 Å². The smallest absolute Gasteiger partial charge is 0.457 e.